The van der Waals surface area contributed by atoms with Crippen LogP contribution in [0.5, 0.6) is 0 Å². The largest absolute Gasteiger partial charge is 0.378 e. The maximum absolute atomic E-state index is 6.91. The number of anilines is 1. The van der Waals surface area contributed by atoms with Crippen molar-refractivity contribution in [3.05, 3.63) is 128 Å². The number of rotatable bonds is 4. The Kier molecular flexibility index (Phi) is 12.5. The molecule has 0 spiro atoms. The standard InChI is InChI=1S/C29H10Cl14N/c1-44(2)10-6-3-9(4-7-10)5-8-11-16(30)18(32)13(19(33)17(11)31)12(14-20(34)24(38)28(42)25(39)21(14)35)15-22(36)26(40)29(43)27(41)23(15)37/h3-4,6-7H,1-2H3. The second kappa shape index (κ2) is 14.8. The van der Waals surface area contributed by atoms with E-state index in [9.17, 15) is 0 Å². The van der Waals surface area contributed by atoms with Gasteiger partial charge < -0.3 is 4.90 Å². The minimum absolute atomic E-state index is 0.0271. The Morgan fingerprint density at radius 1 is 0.409 bits per heavy atom. The van der Waals surface area contributed by atoms with Crippen LogP contribution < -0.4 is 4.90 Å². The fraction of sp³-hybridized carbons (Fsp3) is 0.0690. The van der Waals surface area contributed by atoms with Gasteiger partial charge in [0, 0.05) is 42.0 Å². The summed E-state index contributed by atoms with van der Waals surface area (Å²) in [5.74, 6) is 5.92. The van der Waals surface area contributed by atoms with Crippen molar-refractivity contribution >= 4 is 168 Å². The van der Waals surface area contributed by atoms with Gasteiger partial charge in [-0.15, -0.1) is 0 Å². The lowest BCUT2D eigenvalue weighted by molar-refractivity contribution is 1.13. The molecular formula is C29H10Cl14N. The Labute approximate surface area is 323 Å². The molecule has 0 heterocycles. The highest BCUT2D eigenvalue weighted by Gasteiger charge is 2.38. The third-order valence-electron chi connectivity index (χ3n) is 6.15. The van der Waals surface area contributed by atoms with Crippen LogP contribution in [0.25, 0.3) is 0 Å². The van der Waals surface area contributed by atoms with E-state index in [1.807, 2.05) is 43.3 Å². The molecule has 1 radical (unpaired) electrons. The maximum Gasteiger partial charge on any atom is 0.0809 e. The molecule has 0 bridgehead atoms. The van der Waals surface area contributed by atoms with Crippen molar-refractivity contribution in [1.29, 1.82) is 0 Å². The van der Waals surface area contributed by atoms with Gasteiger partial charge in [0.15, 0.2) is 0 Å². The van der Waals surface area contributed by atoms with Crippen LogP contribution in [0.2, 0.25) is 70.3 Å². The molecule has 4 aromatic rings. The van der Waals surface area contributed by atoms with Gasteiger partial charge in [-0.1, -0.05) is 174 Å². The molecule has 0 aromatic heterocycles. The van der Waals surface area contributed by atoms with Gasteiger partial charge >= 0.3 is 0 Å². The molecule has 0 saturated heterocycles. The van der Waals surface area contributed by atoms with Gasteiger partial charge in [-0.25, -0.2) is 0 Å². The SMILES string of the molecule is CN(C)c1ccc(C#Cc2c(Cl)c(Cl)c([C](c3c(Cl)c(Cl)c(Cl)c(Cl)c3Cl)c3c(Cl)c(Cl)c(Cl)c(Cl)c3Cl)c(Cl)c2Cl)cc1. The molecule has 0 unspecified atom stereocenters. The lowest BCUT2D eigenvalue weighted by atomic mass is 9.84. The van der Waals surface area contributed by atoms with Gasteiger partial charge in [0.05, 0.1) is 81.8 Å². The molecule has 0 saturated carbocycles. The predicted octanol–water partition coefficient (Wildman–Crippen LogP) is 15.3. The summed E-state index contributed by atoms with van der Waals surface area (Å²) in [5.41, 5.74) is 1.70. The van der Waals surface area contributed by atoms with Crippen LogP contribution in [0.3, 0.4) is 0 Å². The molecule has 0 amide bonds. The van der Waals surface area contributed by atoms with Crippen molar-refractivity contribution in [3.63, 3.8) is 0 Å². The Morgan fingerprint density at radius 3 is 1.02 bits per heavy atom. The molecule has 1 nitrogen and oxygen atoms in total. The van der Waals surface area contributed by atoms with Gasteiger partial charge in [-0.2, -0.15) is 0 Å². The number of hydrogen-bond donors (Lipinski definition) is 0. The lowest BCUT2D eigenvalue weighted by Gasteiger charge is -2.27. The third kappa shape index (κ3) is 6.76. The quantitative estimate of drug-likeness (QED) is 0.0855. The highest BCUT2D eigenvalue weighted by atomic mass is 35.5. The molecule has 0 aliphatic rings. The van der Waals surface area contributed by atoms with Crippen LogP contribution in [-0.2, 0) is 0 Å². The Balaban J connectivity index is 2.10. The van der Waals surface area contributed by atoms with Crippen molar-refractivity contribution in [2.75, 3.05) is 19.0 Å². The second-order valence-electron chi connectivity index (χ2n) is 8.96. The number of benzene rings is 4. The topological polar surface area (TPSA) is 3.24 Å². The van der Waals surface area contributed by atoms with E-state index in [4.69, 9.17) is 162 Å². The molecule has 4 aromatic carbocycles. The van der Waals surface area contributed by atoms with Crippen LogP contribution in [-0.4, -0.2) is 14.1 Å². The second-order valence-corrected chi connectivity index (χ2v) is 14.3. The van der Waals surface area contributed by atoms with Gasteiger partial charge in [-0.05, 0) is 24.3 Å². The van der Waals surface area contributed by atoms with Crippen molar-refractivity contribution in [3.8, 4) is 11.8 Å². The zero-order valence-corrected chi connectivity index (χ0v) is 32.1. The minimum atomic E-state index is -0.167. The molecule has 15 heteroatoms. The average Bonchev–Trinajstić information content (AvgIpc) is 3.00. The van der Waals surface area contributed by atoms with Crippen molar-refractivity contribution < 1.29 is 0 Å². The lowest BCUT2D eigenvalue weighted by Crippen LogP contribution is -2.12. The molecule has 0 aliphatic carbocycles. The summed E-state index contributed by atoms with van der Waals surface area (Å²) in [4.78, 5) is 1.95. The zero-order chi connectivity index (χ0) is 32.9. The highest BCUT2D eigenvalue weighted by Crippen LogP contribution is 2.57. The fourth-order valence-corrected chi connectivity index (χ4v) is 7.75. The molecule has 0 aliphatic heterocycles. The summed E-state index contributed by atoms with van der Waals surface area (Å²) < 4.78 is 0. The Hall–Kier alpha value is 0.300. The number of nitrogens with zero attached hydrogens (tertiary/aromatic N) is 1. The first-order chi connectivity index (χ1) is 20.5. The smallest absolute Gasteiger partial charge is 0.0809 e. The summed E-state index contributed by atoms with van der Waals surface area (Å²) in [6.45, 7) is 0. The van der Waals surface area contributed by atoms with Gasteiger partial charge in [0.1, 0.15) is 0 Å². The molecular weight excluding hydrogens is 859 g/mol. The third-order valence-corrected chi connectivity index (χ3v) is 12.4. The van der Waals surface area contributed by atoms with E-state index in [0.29, 0.717) is 5.56 Å². The van der Waals surface area contributed by atoms with E-state index in [0.717, 1.165) is 5.69 Å². The van der Waals surface area contributed by atoms with E-state index < -0.39 is 0 Å². The molecule has 0 atom stereocenters. The Morgan fingerprint density at radius 2 is 0.705 bits per heavy atom. The van der Waals surface area contributed by atoms with Gasteiger partial charge in [0.2, 0.25) is 0 Å². The Bertz CT molecular complexity index is 1730. The molecule has 44 heavy (non-hydrogen) atoms. The van der Waals surface area contributed by atoms with E-state index in [2.05, 4.69) is 11.8 Å². The first-order valence-corrected chi connectivity index (χ1v) is 16.9. The van der Waals surface area contributed by atoms with E-state index in [1.165, 1.54) is 0 Å². The zero-order valence-electron chi connectivity index (χ0n) is 21.5. The van der Waals surface area contributed by atoms with Crippen molar-refractivity contribution in [2.24, 2.45) is 0 Å². The van der Waals surface area contributed by atoms with Crippen LogP contribution in [0.15, 0.2) is 24.3 Å². The summed E-state index contributed by atoms with van der Waals surface area (Å²) in [6.07, 6.45) is 0. The van der Waals surface area contributed by atoms with Crippen molar-refractivity contribution in [1.82, 2.24) is 0 Å². The number of halogens is 14. The van der Waals surface area contributed by atoms with Gasteiger partial charge in [0.25, 0.3) is 0 Å². The highest BCUT2D eigenvalue weighted by molar-refractivity contribution is 6.57. The fourth-order valence-electron chi connectivity index (χ4n) is 3.96. The summed E-state index contributed by atoms with van der Waals surface area (Å²) in [6, 6.07) is 7.49. The van der Waals surface area contributed by atoms with E-state index >= 15 is 0 Å². The monoisotopic (exact) mass is 862 g/mol. The normalized spacial score (nSPS) is 11.2. The van der Waals surface area contributed by atoms with Gasteiger partial charge in [-0.3, -0.25) is 0 Å². The summed E-state index contributed by atoms with van der Waals surface area (Å²) >= 11 is 92.6. The molecule has 0 N–H and O–H groups in total. The predicted molar refractivity (Wildman–Crippen MR) is 197 cm³/mol. The first-order valence-electron chi connectivity index (χ1n) is 11.6. The number of hydrogen-bond acceptors (Lipinski definition) is 1. The molecule has 229 valence electrons. The van der Waals surface area contributed by atoms with Crippen molar-refractivity contribution in [2.45, 2.75) is 0 Å². The molecule has 4 rings (SSSR count). The average molecular weight is 869 g/mol. The molecule has 0 fully saturated rings. The summed E-state index contributed by atoms with van der Waals surface area (Å²) in [7, 11) is 3.85. The van der Waals surface area contributed by atoms with E-state index in [1.54, 1.807) is 0 Å². The van der Waals surface area contributed by atoms with E-state index in [-0.39, 0.29) is 98.5 Å². The first kappa shape index (κ1) is 37.1. The van der Waals surface area contributed by atoms with Crippen LogP contribution >= 0.6 is 162 Å². The van der Waals surface area contributed by atoms with Crippen LogP contribution in [0, 0.1) is 17.8 Å². The van der Waals surface area contributed by atoms with Crippen LogP contribution in [0.4, 0.5) is 5.69 Å². The maximum atomic E-state index is 6.91. The minimum Gasteiger partial charge on any atom is -0.378 e. The van der Waals surface area contributed by atoms with Crippen LogP contribution in [0.1, 0.15) is 27.8 Å². The summed E-state index contributed by atoms with van der Waals surface area (Å²) in [5, 5.41) is -1.91.